The van der Waals surface area contributed by atoms with Crippen molar-refractivity contribution in [2.75, 3.05) is 6.61 Å². The van der Waals surface area contributed by atoms with E-state index >= 15 is 0 Å². The Kier molecular flexibility index (Phi) is 6.84. The van der Waals surface area contributed by atoms with Gasteiger partial charge in [-0.1, -0.05) is 0 Å². The van der Waals surface area contributed by atoms with Crippen molar-refractivity contribution in [3.63, 3.8) is 0 Å². The summed E-state index contributed by atoms with van der Waals surface area (Å²) in [5, 5.41) is 10.6. The van der Waals surface area contributed by atoms with E-state index in [9.17, 15) is 18.8 Å². The van der Waals surface area contributed by atoms with Gasteiger partial charge < -0.3 is 4.57 Å². The van der Waals surface area contributed by atoms with Crippen molar-refractivity contribution in [2.24, 2.45) is 11.8 Å². The normalized spacial score (nSPS) is 21.9. The Labute approximate surface area is 209 Å². The van der Waals surface area contributed by atoms with Crippen molar-refractivity contribution in [1.29, 1.82) is 5.26 Å². The van der Waals surface area contributed by atoms with Crippen LogP contribution in [0.25, 0.3) is 5.69 Å². The van der Waals surface area contributed by atoms with Crippen molar-refractivity contribution >= 4 is 5.91 Å². The maximum atomic E-state index is 14.4. The van der Waals surface area contributed by atoms with Crippen LogP contribution in [-0.4, -0.2) is 27.1 Å². The fourth-order valence-corrected chi connectivity index (χ4v) is 5.53. The SMILES string of the molecule is Cc1nccn1-c1cc(F)cc(CC2CCC(C(=O)N3OCC[C@H]3c3cc(F)cc(C#N)c3)CC2)c1. The van der Waals surface area contributed by atoms with Gasteiger partial charge in [-0.05, 0) is 92.5 Å². The minimum atomic E-state index is -0.493. The van der Waals surface area contributed by atoms with Crippen LogP contribution in [-0.2, 0) is 16.1 Å². The first-order valence-electron chi connectivity index (χ1n) is 12.4. The molecule has 1 aromatic heterocycles. The van der Waals surface area contributed by atoms with Gasteiger partial charge in [0.05, 0.1) is 24.3 Å². The Morgan fingerprint density at radius 2 is 1.86 bits per heavy atom. The minimum absolute atomic E-state index is 0.0812. The highest BCUT2D eigenvalue weighted by molar-refractivity contribution is 5.78. The monoisotopic (exact) mass is 490 g/mol. The van der Waals surface area contributed by atoms with E-state index in [1.54, 1.807) is 18.3 Å². The van der Waals surface area contributed by atoms with Gasteiger partial charge in [-0.15, -0.1) is 0 Å². The van der Waals surface area contributed by atoms with E-state index in [2.05, 4.69) is 4.98 Å². The third kappa shape index (κ3) is 5.02. The predicted octanol–water partition coefficient (Wildman–Crippen LogP) is 5.58. The Morgan fingerprint density at radius 3 is 2.58 bits per heavy atom. The molecule has 2 aliphatic rings. The molecule has 186 valence electrons. The molecule has 1 aliphatic heterocycles. The number of nitrogens with zero attached hydrogens (tertiary/aromatic N) is 4. The van der Waals surface area contributed by atoms with Crippen molar-refractivity contribution in [3.05, 3.63) is 82.9 Å². The van der Waals surface area contributed by atoms with Crippen LogP contribution in [0.1, 0.15) is 60.7 Å². The van der Waals surface area contributed by atoms with Crippen molar-refractivity contribution in [2.45, 2.75) is 51.5 Å². The molecular weight excluding hydrogens is 462 g/mol. The van der Waals surface area contributed by atoms with E-state index in [1.807, 2.05) is 29.8 Å². The number of hydrogen-bond acceptors (Lipinski definition) is 4. The third-order valence-electron chi connectivity index (χ3n) is 7.32. The van der Waals surface area contributed by atoms with Gasteiger partial charge >= 0.3 is 0 Å². The number of rotatable bonds is 5. The number of hydrogen-bond donors (Lipinski definition) is 0. The van der Waals surface area contributed by atoms with Crippen LogP contribution in [0.4, 0.5) is 8.78 Å². The third-order valence-corrected chi connectivity index (χ3v) is 7.32. The Balaban J connectivity index is 1.22. The molecule has 1 amide bonds. The predicted molar refractivity (Wildman–Crippen MR) is 129 cm³/mol. The molecule has 3 aromatic rings. The lowest BCUT2D eigenvalue weighted by Gasteiger charge is -2.32. The average Bonchev–Trinajstić information content (AvgIpc) is 3.52. The lowest BCUT2D eigenvalue weighted by Crippen LogP contribution is -2.36. The summed E-state index contributed by atoms with van der Waals surface area (Å²) in [5.41, 5.74) is 2.52. The largest absolute Gasteiger partial charge is 0.304 e. The molecule has 6 nitrogen and oxygen atoms in total. The standard InChI is InChI=1S/C28H28F2N4O2/c1-18-32-7-8-33(18)26-14-20(12-25(30)16-26)10-19-2-4-22(5-3-19)28(35)34-27(6-9-36-34)23-11-21(17-31)13-24(29)15-23/h7-8,11-16,19,22,27H,2-6,9-10H2,1H3/t19?,22?,27-/m0/s1. The number of imidazole rings is 1. The number of halogens is 2. The highest BCUT2D eigenvalue weighted by atomic mass is 19.1. The van der Waals surface area contributed by atoms with E-state index in [0.29, 0.717) is 24.5 Å². The Bertz CT molecular complexity index is 1310. The molecule has 0 unspecified atom stereocenters. The molecule has 2 heterocycles. The molecule has 1 atom stereocenters. The minimum Gasteiger partial charge on any atom is -0.304 e. The first-order chi connectivity index (χ1) is 17.4. The quantitative estimate of drug-likeness (QED) is 0.468. The summed E-state index contributed by atoms with van der Waals surface area (Å²) in [6.45, 7) is 2.26. The van der Waals surface area contributed by atoms with Gasteiger partial charge in [0.15, 0.2) is 0 Å². The second-order valence-corrected chi connectivity index (χ2v) is 9.77. The van der Waals surface area contributed by atoms with Crippen LogP contribution in [0.2, 0.25) is 0 Å². The van der Waals surface area contributed by atoms with Gasteiger partial charge in [0.25, 0.3) is 0 Å². The molecule has 2 aromatic carbocycles. The van der Waals surface area contributed by atoms with Crippen molar-refractivity contribution in [1.82, 2.24) is 14.6 Å². The Hall–Kier alpha value is -3.57. The van der Waals surface area contributed by atoms with Crippen LogP contribution in [0.5, 0.6) is 0 Å². The summed E-state index contributed by atoms with van der Waals surface area (Å²) < 4.78 is 30.2. The number of carbonyl (C=O) groups is 1. The molecule has 2 fully saturated rings. The molecule has 36 heavy (non-hydrogen) atoms. The molecular formula is C28H28F2N4O2. The summed E-state index contributed by atoms with van der Waals surface area (Å²) >= 11 is 0. The highest BCUT2D eigenvalue weighted by Gasteiger charge is 2.37. The van der Waals surface area contributed by atoms with Gasteiger partial charge in [-0.3, -0.25) is 9.63 Å². The summed E-state index contributed by atoms with van der Waals surface area (Å²) in [6.07, 6.45) is 8.02. The molecule has 5 rings (SSSR count). The van der Waals surface area contributed by atoms with Crippen molar-refractivity contribution < 1.29 is 18.4 Å². The number of benzene rings is 2. The summed E-state index contributed by atoms with van der Waals surface area (Å²) in [6, 6.07) is 10.9. The van der Waals surface area contributed by atoms with Crippen LogP contribution >= 0.6 is 0 Å². The van der Waals surface area contributed by atoms with Gasteiger partial charge in [0.1, 0.15) is 17.5 Å². The fraction of sp³-hybridized carbons (Fsp3) is 0.393. The maximum absolute atomic E-state index is 14.4. The van der Waals surface area contributed by atoms with Gasteiger partial charge in [-0.2, -0.15) is 5.26 Å². The second kappa shape index (κ2) is 10.2. The van der Waals surface area contributed by atoms with Crippen LogP contribution in [0.15, 0.2) is 48.8 Å². The zero-order valence-electron chi connectivity index (χ0n) is 20.2. The van der Waals surface area contributed by atoms with E-state index in [1.165, 1.54) is 23.3 Å². The topological polar surface area (TPSA) is 71.2 Å². The van der Waals surface area contributed by atoms with E-state index in [4.69, 9.17) is 4.84 Å². The van der Waals surface area contributed by atoms with Crippen LogP contribution < -0.4 is 0 Å². The molecule has 0 N–H and O–H groups in total. The highest BCUT2D eigenvalue weighted by Crippen LogP contribution is 2.37. The summed E-state index contributed by atoms with van der Waals surface area (Å²) in [7, 11) is 0. The molecule has 0 radical (unpaired) electrons. The van der Waals surface area contributed by atoms with E-state index in [-0.39, 0.29) is 23.2 Å². The smallest absolute Gasteiger partial charge is 0.249 e. The number of carbonyl (C=O) groups excluding carboxylic acids is 1. The molecule has 1 saturated carbocycles. The first-order valence-corrected chi connectivity index (χ1v) is 12.4. The average molecular weight is 491 g/mol. The Morgan fingerprint density at radius 1 is 1.08 bits per heavy atom. The first kappa shape index (κ1) is 24.1. The zero-order valence-corrected chi connectivity index (χ0v) is 20.2. The number of aryl methyl sites for hydroxylation is 1. The number of hydroxylamine groups is 2. The summed E-state index contributed by atoms with van der Waals surface area (Å²) in [5.74, 6) is 0.158. The molecule has 1 saturated heterocycles. The zero-order chi connectivity index (χ0) is 25.2. The lowest BCUT2D eigenvalue weighted by atomic mass is 9.78. The molecule has 0 bridgehead atoms. The van der Waals surface area contributed by atoms with Crippen molar-refractivity contribution in [3.8, 4) is 11.8 Å². The number of aromatic nitrogens is 2. The van der Waals surface area contributed by atoms with Gasteiger partial charge in [0.2, 0.25) is 5.91 Å². The fourth-order valence-electron chi connectivity index (χ4n) is 5.53. The molecule has 1 aliphatic carbocycles. The van der Waals surface area contributed by atoms with Gasteiger partial charge in [-0.25, -0.2) is 18.8 Å². The summed E-state index contributed by atoms with van der Waals surface area (Å²) in [4.78, 5) is 23.2. The maximum Gasteiger partial charge on any atom is 0.249 e. The molecule has 8 heteroatoms. The van der Waals surface area contributed by atoms with Gasteiger partial charge in [0, 0.05) is 30.4 Å². The second-order valence-electron chi connectivity index (χ2n) is 9.77. The van der Waals surface area contributed by atoms with Crippen LogP contribution in [0, 0.1) is 41.7 Å². The van der Waals surface area contributed by atoms with E-state index < -0.39 is 11.9 Å². The van der Waals surface area contributed by atoms with Crippen LogP contribution in [0.3, 0.4) is 0 Å². The number of nitriles is 1. The number of amides is 1. The van der Waals surface area contributed by atoms with E-state index in [0.717, 1.165) is 49.2 Å². The molecule has 0 spiro atoms. The lowest BCUT2D eigenvalue weighted by molar-refractivity contribution is -0.183.